The number of aromatic nitrogens is 1. The molecule has 1 amide bonds. The fraction of sp³-hybridized carbons (Fsp3) is 0.278. The average molecular weight is 369 g/mol. The molecule has 1 aliphatic rings. The van der Waals surface area contributed by atoms with Crippen molar-refractivity contribution in [3.8, 4) is 0 Å². The van der Waals surface area contributed by atoms with Gasteiger partial charge in [-0.2, -0.15) is 0 Å². The maximum atomic E-state index is 12.2. The van der Waals surface area contributed by atoms with Crippen molar-refractivity contribution in [3.63, 3.8) is 0 Å². The quantitative estimate of drug-likeness (QED) is 0.411. The van der Waals surface area contributed by atoms with E-state index in [1.54, 1.807) is 24.4 Å². The zero-order chi connectivity index (χ0) is 19.2. The fourth-order valence-corrected chi connectivity index (χ4v) is 2.76. The second kappa shape index (κ2) is 8.47. The van der Waals surface area contributed by atoms with E-state index < -0.39 is 0 Å². The Hall–Kier alpha value is -3.17. The van der Waals surface area contributed by atoms with Gasteiger partial charge in [-0.1, -0.05) is 6.07 Å². The molecule has 27 heavy (non-hydrogen) atoms. The number of rotatable bonds is 5. The number of nitrogens with zero attached hydrogens (tertiary/aromatic N) is 4. The van der Waals surface area contributed by atoms with Gasteiger partial charge in [-0.05, 0) is 36.4 Å². The second-order valence-corrected chi connectivity index (χ2v) is 5.98. The fourth-order valence-electron chi connectivity index (χ4n) is 2.76. The van der Waals surface area contributed by atoms with Crippen LogP contribution in [0.5, 0.6) is 0 Å². The summed E-state index contributed by atoms with van der Waals surface area (Å²) in [6, 6.07) is 12.8. The summed E-state index contributed by atoms with van der Waals surface area (Å²) in [4.78, 5) is 18.6. The number of guanidine groups is 1. The van der Waals surface area contributed by atoms with E-state index in [-0.39, 0.29) is 11.9 Å². The Bertz CT molecular complexity index is 776. The van der Waals surface area contributed by atoms with Gasteiger partial charge in [0.25, 0.3) is 0 Å². The van der Waals surface area contributed by atoms with Gasteiger partial charge in [-0.25, -0.2) is 15.0 Å². The number of hydrogen-bond acceptors (Lipinski definition) is 6. The molecule has 2 heterocycles. The zero-order valence-electron chi connectivity index (χ0n) is 15.1. The summed E-state index contributed by atoms with van der Waals surface area (Å²) < 4.78 is 5.37. The Balaban J connectivity index is 1.80. The monoisotopic (exact) mass is 369 g/mol. The molecule has 0 atom stereocenters. The second-order valence-electron chi connectivity index (χ2n) is 5.98. The van der Waals surface area contributed by atoms with Crippen LogP contribution in [0.1, 0.15) is 6.92 Å². The van der Waals surface area contributed by atoms with Crippen molar-refractivity contribution in [2.45, 2.75) is 6.92 Å². The standard InChI is InChI=1S/C18H23N7O2/c1-14(26)24(22-25(18(19)20)17-4-2-3-9-21-17)16-7-5-15(6-8-16)23-10-12-27-13-11-23/h2-9,22H,10-13H2,1H3,(H3,19,20). The van der Waals surface area contributed by atoms with Crippen molar-refractivity contribution in [2.24, 2.45) is 5.73 Å². The van der Waals surface area contributed by atoms with E-state index in [1.165, 1.54) is 16.9 Å². The highest BCUT2D eigenvalue weighted by atomic mass is 16.5. The Morgan fingerprint density at radius 3 is 2.44 bits per heavy atom. The summed E-state index contributed by atoms with van der Waals surface area (Å²) in [5.41, 5.74) is 10.2. The van der Waals surface area contributed by atoms with Gasteiger partial charge < -0.3 is 15.4 Å². The number of nitrogens with one attached hydrogen (secondary N) is 2. The largest absolute Gasteiger partial charge is 0.378 e. The predicted molar refractivity (Wildman–Crippen MR) is 104 cm³/mol. The third-order valence-corrected chi connectivity index (χ3v) is 4.12. The number of carbonyl (C=O) groups excluding carboxylic acids is 1. The van der Waals surface area contributed by atoms with Gasteiger partial charge in [0.05, 0.1) is 18.9 Å². The third kappa shape index (κ3) is 4.52. The molecule has 0 saturated carbocycles. The Labute approximate surface area is 157 Å². The Morgan fingerprint density at radius 2 is 1.89 bits per heavy atom. The van der Waals surface area contributed by atoms with Crippen molar-refractivity contribution in [3.05, 3.63) is 48.7 Å². The van der Waals surface area contributed by atoms with Crippen molar-refractivity contribution >= 4 is 29.1 Å². The molecular formula is C18H23N7O2. The number of carbonyl (C=O) groups is 1. The average Bonchev–Trinajstić information content (AvgIpc) is 2.70. The van der Waals surface area contributed by atoms with Crippen molar-refractivity contribution < 1.29 is 9.53 Å². The molecule has 1 saturated heterocycles. The van der Waals surface area contributed by atoms with Gasteiger partial charge in [0, 0.05) is 31.9 Å². The first-order valence-electron chi connectivity index (χ1n) is 8.61. The van der Waals surface area contributed by atoms with Crippen LogP contribution in [0, 0.1) is 5.41 Å². The first kappa shape index (κ1) is 18.6. The zero-order valence-corrected chi connectivity index (χ0v) is 15.1. The van der Waals surface area contributed by atoms with Gasteiger partial charge in [-0.3, -0.25) is 10.2 Å². The van der Waals surface area contributed by atoms with E-state index in [2.05, 4.69) is 15.4 Å². The highest BCUT2D eigenvalue weighted by Crippen LogP contribution is 2.21. The maximum Gasteiger partial charge on any atom is 0.239 e. The van der Waals surface area contributed by atoms with Crippen LogP contribution in [0.15, 0.2) is 48.7 Å². The van der Waals surface area contributed by atoms with Gasteiger partial charge in [-0.15, -0.1) is 5.53 Å². The topological polar surface area (TPSA) is 111 Å². The lowest BCUT2D eigenvalue weighted by Crippen LogP contribution is -2.57. The number of ether oxygens (including phenoxy) is 1. The number of pyridine rings is 1. The van der Waals surface area contributed by atoms with Crippen LogP contribution < -0.4 is 26.2 Å². The minimum atomic E-state index is -0.287. The molecule has 0 spiro atoms. The Morgan fingerprint density at radius 1 is 1.19 bits per heavy atom. The van der Waals surface area contributed by atoms with Crippen LogP contribution >= 0.6 is 0 Å². The lowest BCUT2D eigenvalue weighted by Gasteiger charge is -2.31. The van der Waals surface area contributed by atoms with Crippen LogP contribution in [0.2, 0.25) is 0 Å². The molecule has 1 aliphatic heterocycles. The summed E-state index contributed by atoms with van der Waals surface area (Å²) in [5, 5.41) is 10.4. The van der Waals surface area contributed by atoms with Gasteiger partial charge in [0.15, 0.2) is 5.82 Å². The number of hydrazine groups is 2. The molecule has 1 aromatic heterocycles. The first-order chi connectivity index (χ1) is 13.1. The van der Waals surface area contributed by atoms with E-state index in [0.29, 0.717) is 24.7 Å². The normalized spacial score (nSPS) is 13.9. The van der Waals surface area contributed by atoms with Gasteiger partial charge in [0.1, 0.15) is 0 Å². The summed E-state index contributed by atoms with van der Waals surface area (Å²) in [5.74, 6) is -0.137. The third-order valence-electron chi connectivity index (χ3n) is 4.12. The van der Waals surface area contributed by atoms with Crippen molar-refractivity contribution in [2.75, 3.05) is 41.2 Å². The molecule has 1 fully saturated rings. The SMILES string of the molecule is CC(=O)N(NN(C(=N)N)c1ccccn1)c1ccc(N2CCOCC2)cc1. The van der Waals surface area contributed by atoms with Crippen LogP contribution in [0.3, 0.4) is 0 Å². The van der Waals surface area contributed by atoms with E-state index in [9.17, 15) is 4.79 Å². The summed E-state index contributed by atoms with van der Waals surface area (Å²) in [6.45, 7) is 4.53. The minimum Gasteiger partial charge on any atom is -0.378 e. The van der Waals surface area contributed by atoms with Crippen LogP contribution in [0.25, 0.3) is 0 Å². The highest BCUT2D eigenvalue weighted by molar-refractivity contribution is 5.95. The molecule has 3 rings (SSSR count). The molecule has 142 valence electrons. The van der Waals surface area contributed by atoms with Gasteiger partial charge >= 0.3 is 0 Å². The van der Waals surface area contributed by atoms with E-state index in [1.807, 2.05) is 24.3 Å². The van der Waals surface area contributed by atoms with Gasteiger partial charge in [0.2, 0.25) is 11.9 Å². The number of morpholine rings is 1. The molecule has 0 aliphatic carbocycles. The van der Waals surface area contributed by atoms with Crippen LogP contribution in [-0.4, -0.2) is 43.2 Å². The number of anilines is 3. The Kier molecular flexibility index (Phi) is 5.84. The summed E-state index contributed by atoms with van der Waals surface area (Å²) >= 11 is 0. The number of benzene rings is 1. The molecule has 9 heteroatoms. The molecule has 2 aromatic rings. The predicted octanol–water partition coefficient (Wildman–Crippen LogP) is 1.09. The molecule has 0 unspecified atom stereocenters. The maximum absolute atomic E-state index is 12.2. The lowest BCUT2D eigenvalue weighted by atomic mass is 10.2. The molecule has 0 radical (unpaired) electrons. The molecular weight excluding hydrogens is 346 g/mol. The number of hydrogen-bond donors (Lipinski definition) is 3. The molecule has 0 bridgehead atoms. The molecule has 9 nitrogen and oxygen atoms in total. The summed E-state index contributed by atoms with van der Waals surface area (Å²) in [7, 11) is 0. The summed E-state index contributed by atoms with van der Waals surface area (Å²) in [6.07, 6.45) is 1.59. The van der Waals surface area contributed by atoms with Crippen LogP contribution in [0.4, 0.5) is 17.2 Å². The van der Waals surface area contributed by atoms with Crippen molar-refractivity contribution in [1.82, 2.24) is 10.5 Å². The highest BCUT2D eigenvalue weighted by Gasteiger charge is 2.19. The number of amides is 1. The van der Waals surface area contributed by atoms with E-state index >= 15 is 0 Å². The lowest BCUT2D eigenvalue weighted by molar-refractivity contribution is -0.117. The molecule has 1 aromatic carbocycles. The first-order valence-corrected chi connectivity index (χ1v) is 8.61. The number of nitrogens with two attached hydrogens (primary N) is 1. The van der Waals surface area contributed by atoms with E-state index in [4.69, 9.17) is 15.9 Å². The van der Waals surface area contributed by atoms with Crippen LogP contribution in [-0.2, 0) is 9.53 Å². The molecule has 4 N–H and O–H groups in total. The smallest absolute Gasteiger partial charge is 0.239 e. The van der Waals surface area contributed by atoms with E-state index in [0.717, 1.165) is 18.8 Å². The van der Waals surface area contributed by atoms with Crippen molar-refractivity contribution in [1.29, 1.82) is 5.41 Å². The minimum absolute atomic E-state index is 0.253.